The molecule has 240 valence electrons. The maximum absolute atomic E-state index is 12.4. The van der Waals surface area contributed by atoms with E-state index in [0.29, 0.717) is 31.4 Å². The number of carbonyl (C=O) groups is 1. The van der Waals surface area contributed by atoms with Crippen LogP contribution >= 0.6 is 11.9 Å². The van der Waals surface area contributed by atoms with Crippen LogP contribution in [0.3, 0.4) is 0 Å². The highest BCUT2D eigenvalue weighted by Gasteiger charge is 2.37. The predicted molar refractivity (Wildman–Crippen MR) is 159 cm³/mol. The van der Waals surface area contributed by atoms with Gasteiger partial charge in [0.2, 0.25) is 5.91 Å². The number of amides is 1. The van der Waals surface area contributed by atoms with Crippen LogP contribution in [0.4, 0.5) is 0 Å². The summed E-state index contributed by atoms with van der Waals surface area (Å²) in [6, 6.07) is 0. The van der Waals surface area contributed by atoms with Crippen molar-refractivity contribution in [3.05, 3.63) is 0 Å². The van der Waals surface area contributed by atoms with Gasteiger partial charge in [-0.25, -0.2) is 0 Å². The summed E-state index contributed by atoms with van der Waals surface area (Å²) in [4.78, 5) is 14.7. The number of hydrogen-bond donors (Lipinski definition) is 5. The van der Waals surface area contributed by atoms with Crippen molar-refractivity contribution in [3.63, 3.8) is 0 Å². The summed E-state index contributed by atoms with van der Waals surface area (Å²) in [5.41, 5.74) is 0. The van der Waals surface area contributed by atoms with Crippen molar-refractivity contribution < 1.29 is 39.4 Å². The third kappa shape index (κ3) is 13.8. The summed E-state index contributed by atoms with van der Waals surface area (Å²) in [6.07, 6.45) is 11.6. The minimum absolute atomic E-state index is 0.108. The van der Waals surface area contributed by atoms with Gasteiger partial charge in [0.1, 0.15) is 6.10 Å². The van der Waals surface area contributed by atoms with Crippen molar-refractivity contribution in [1.29, 1.82) is 0 Å². The molecule has 1 amide bonds. The largest absolute Gasteiger partial charge is 0.394 e. The van der Waals surface area contributed by atoms with Gasteiger partial charge in [-0.05, 0) is 76.4 Å². The number of ether oxygens (including phenoxy) is 3. The number of aliphatic hydroxyl groups excluding tert-OH is 4. The summed E-state index contributed by atoms with van der Waals surface area (Å²) in [7, 11) is 0. The van der Waals surface area contributed by atoms with Crippen LogP contribution in [0, 0.1) is 0 Å². The second kappa shape index (κ2) is 20.5. The summed E-state index contributed by atoms with van der Waals surface area (Å²) < 4.78 is 20.2. The second-order valence-electron chi connectivity index (χ2n) is 12.0. The van der Waals surface area contributed by atoms with Gasteiger partial charge in [0, 0.05) is 31.2 Å². The molecule has 3 aliphatic rings. The Hall–Kier alpha value is -0.500. The van der Waals surface area contributed by atoms with Gasteiger partial charge in [0.05, 0.1) is 37.6 Å². The van der Waals surface area contributed by atoms with Gasteiger partial charge in [0.15, 0.2) is 6.29 Å². The van der Waals surface area contributed by atoms with E-state index in [1.807, 2.05) is 0 Å². The van der Waals surface area contributed by atoms with E-state index in [1.165, 1.54) is 44.9 Å². The molecule has 10 nitrogen and oxygen atoms in total. The summed E-state index contributed by atoms with van der Waals surface area (Å²) in [5.74, 6) is 0.128. The molecule has 0 aromatic carbocycles. The van der Waals surface area contributed by atoms with Gasteiger partial charge in [-0.1, -0.05) is 38.5 Å². The topological polar surface area (TPSA) is 141 Å². The molecule has 0 spiro atoms. The van der Waals surface area contributed by atoms with Gasteiger partial charge in [-0.15, -0.1) is 0 Å². The maximum atomic E-state index is 12.4. The highest BCUT2D eigenvalue weighted by atomic mass is 32.2. The fourth-order valence-electron chi connectivity index (χ4n) is 5.96. The summed E-state index contributed by atoms with van der Waals surface area (Å²) in [6.45, 7) is 3.09. The van der Waals surface area contributed by atoms with Gasteiger partial charge in [-0.2, -0.15) is 0 Å². The van der Waals surface area contributed by atoms with E-state index in [2.05, 4.69) is 9.62 Å². The van der Waals surface area contributed by atoms with Crippen LogP contribution in [0.5, 0.6) is 0 Å². The lowest BCUT2D eigenvalue weighted by Crippen LogP contribution is -2.50. The normalized spacial score (nSPS) is 30.2. The van der Waals surface area contributed by atoms with Crippen molar-refractivity contribution in [2.75, 3.05) is 39.5 Å². The molecule has 41 heavy (non-hydrogen) atoms. The van der Waals surface area contributed by atoms with Crippen LogP contribution < -0.4 is 4.72 Å². The molecular formula is C30H56N2O8S. The average molecular weight is 605 g/mol. The molecule has 2 heterocycles. The van der Waals surface area contributed by atoms with Crippen LogP contribution in [0.25, 0.3) is 0 Å². The zero-order valence-electron chi connectivity index (χ0n) is 24.9. The third-order valence-corrected chi connectivity index (χ3v) is 9.69. The minimum atomic E-state index is -1.15. The van der Waals surface area contributed by atoms with E-state index in [4.69, 9.17) is 14.2 Å². The molecule has 2 saturated heterocycles. The number of carbonyl (C=O) groups excluding carboxylic acids is 1. The Morgan fingerprint density at radius 3 is 2.41 bits per heavy atom. The molecule has 11 heteroatoms. The Morgan fingerprint density at radius 1 is 0.902 bits per heavy atom. The molecule has 0 radical (unpaired) electrons. The molecule has 1 aliphatic carbocycles. The molecule has 3 rings (SSSR count). The Bertz CT molecular complexity index is 699. The zero-order chi connectivity index (χ0) is 29.3. The zero-order valence-corrected chi connectivity index (χ0v) is 25.7. The van der Waals surface area contributed by atoms with Crippen molar-refractivity contribution >= 4 is 17.9 Å². The molecular weight excluding hydrogens is 548 g/mol. The van der Waals surface area contributed by atoms with Crippen molar-refractivity contribution in [2.45, 2.75) is 145 Å². The lowest BCUT2D eigenvalue weighted by atomic mass is 10.0. The first-order chi connectivity index (χ1) is 20.0. The maximum Gasteiger partial charge on any atom is 0.229 e. The Balaban J connectivity index is 1.35. The molecule has 5 N–H and O–H groups in total. The van der Waals surface area contributed by atoms with E-state index >= 15 is 0 Å². The average Bonchev–Trinajstić information content (AvgIpc) is 2.95. The summed E-state index contributed by atoms with van der Waals surface area (Å²) >= 11 is 1.63. The monoisotopic (exact) mass is 604 g/mol. The van der Waals surface area contributed by atoms with E-state index in [-0.39, 0.29) is 25.0 Å². The fraction of sp³-hybridized carbons (Fsp3) is 0.967. The molecule has 5 unspecified atom stereocenters. The number of hydrogen-bond acceptors (Lipinski definition) is 10. The number of nitrogens with zero attached hydrogens (tertiary/aromatic N) is 1. The Morgan fingerprint density at radius 2 is 1.66 bits per heavy atom. The number of nitrogens with one attached hydrogen (secondary N) is 1. The Kier molecular flexibility index (Phi) is 17.5. The highest BCUT2D eigenvalue weighted by Crippen LogP contribution is 2.25. The van der Waals surface area contributed by atoms with Gasteiger partial charge < -0.3 is 39.5 Å². The first-order valence-electron chi connectivity index (χ1n) is 16.2. The smallest absolute Gasteiger partial charge is 0.229 e. The van der Waals surface area contributed by atoms with Crippen LogP contribution in [0.15, 0.2) is 0 Å². The van der Waals surface area contributed by atoms with Gasteiger partial charge in [0.25, 0.3) is 0 Å². The molecule has 6 atom stereocenters. The van der Waals surface area contributed by atoms with Crippen molar-refractivity contribution in [3.8, 4) is 0 Å². The highest BCUT2D eigenvalue weighted by molar-refractivity contribution is 7.98. The third-order valence-electron chi connectivity index (χ3n) is 8.54. The lowest BCUT2D eigenvalue weighted by Gasteiger charge is -2.36. The second-order valence-corrected chi connectivity index (χ2v) is 13.1. The van der Waals surface area contributed by atoms with E-state index in [1.54, 1.807) is 11.9 Å². The van der Waals surface area contributed by atoms with Crippen LogP contribution in [0.1, 0.15) is 103 Å². The summed E-state index contributed by atoms with van der Waals surface area (Å²) in [5, 5.41) is 40.5. The van der Waals surface area contributed by atoms with Crippen LogP contribution in [-0.2, 0) is 19.0 Å². The molecule has 0 bridgehead atoms. The van der Waals surface area contributed by atoms with E-state index in [9.17, 15) is 25.2 Å². The van der Waals surface area contributed by atoms with Crippen LogP contribution in [-0.4, -0.2) is 113 Å². The predicted octanol–water partition coefficient (Wildman–Crippen LogP) is 2.89. The molecule has 0 aromatic heterocycles. The van der Waals surface area contributed by atoms with Crippen molar-refractivity contribution in [1.82, 2.24) is 9.62 Å². The Labute approximate surface area is 251 Å². The molecule has 3 fully saturated rings. The lowest BCUT2D eigenvalue weighted by molar-refractivity contribution is -0.271. The molecule has 0 aromatic rings. The van der Waals surface area contributed by atoms with Crippen molar-refractivity contribution in [2.24, 2.45) is 0 Å². The number of rotatable bonds is 17. The SMILES string of the molecule is O=C(CCCCCN(CCCC1OCCCC1O)CCO[C@@H]1OC(CO)CC(O)C1O)NSC1CCCCCCC1. The molecule has 1 saturated carbocycles. The fourth-order valence-corrected chi connectivity index (χ4v) is 6.92. The minimum Gasteiger partial charge on any atom is -0.394 e. The first kappa shape index (κ1) is 35.0. The van der Waals surface area contributed by atoms with Crippen LogP contribution in [0.2, 0.25) is 0 Å². The first-order valence-corrected chi connectivity index (χ1v) is 17.0. The quantitative estimate of drug-likeness (QED) is 0.124. The van der Waals surface area contributed by atoms with E-state index < -0.39 is 30.7 Å². The molecule has 2 aliphatic heterocycles. The standard InChI is InChI=1S/C30H56N2O8S/c33-22-23-21-26(35)29(37)30(40-23)39-20-18-32(17-9-14-27-25(34)13-10-19-38-27)16-8-4-7-15-28(36)31-41-24-11-5-2-1-3-6-12-24/h23-27,29-30,33-35,37H,1-22H2,(H,31,36)/t23?,25?,26?,27?,29?,30-/m1/s1. The number of aliphatic hydroxyl groups is 4. The van der Waals surface area contributed by atoms with Gasteiger partial charge >= 0.3 is 0 Å². The number of unbranched alkanes of at least 4 members (excludes halogenated alkanes) is 2. The van der Waals surface area contributed by atoms with Gasteiger partial charge in [-0.3, -0.25) is 9.52 Å². The van der Waals surface area contributed by atoms with E-state index in [0.717, 1.165) is 58.0 Å².